The summed E-state index contributed by atoms with van der Waals surface area (Å²) in [5.74, 6) is 0.903. The highest BCUT2D eigenvalue weighted by Crippen LogP contribution is 2.40. The Morgan fingerprint density at radius 3 is 2.77 bits per heavy atom. The normalized spacial score (nSPS) is 16.0. The lowest BCUT2D eigenvalue weighted by molar-refractivity contribution is 0.105. The van der Waals surface area contributed by atoms with E-state index in [0.717, 1.165) is 45.2 Å². The van der Waals surface area contributed by atoms with Crippen LogP contribution in [0.2, 0.25) is 0 Å². The van der Waals surface area contributed by atoms with Gasteiger partial charge in [0, 0.05) is 45.2 Å². The molecule has 0 amide bonds. The lowest BCUT2D eigenvalue weighted by Gasteiger charge is -2.30. The predicted molar refractivity (Wildman–Crippen MR) is 123 cm³/mol. The Kier molecular flexibility index (Phi) is 8.75. The molecule has 6 heteroatoms. The lowest BCUT2D eigenvalue weighted by atomic mass is 9.83. The fraction of sp³-hybridized carbons (Fsp3) is 0.583. The van der Waals surface area contributed by atoms with Crippen LogP contribution in [0.15, 0.2) is 48.0 Å². The molecule has 1 aliphatic carbocycles. The largest absolute Gasteiger partial charge is 0.382 e. The Labute approximate surface area is 181 Å². The van der Waals surface area contributed by atoms with Gasteiger partial charge in [-0.3, -0.25) is 0 Å². The monoisotopic (exact) mass is 411 g/mol. The highest BCUT2D eigenvalue weighted by molar-refractivity contribution is 5.79. The number of nitrogens with one attached hydrogen (secondary N) is 2. The van der Waals surface area contributed by atoms with Crippen LogP contribution in [0.3, 0.4) is 0 Å². The van der Waals surface area contributed by atoms with Crippen molar-refractivity contribution in [2.45, 2.75) is 59.0 Å². The molecule has 0 atom stereocenters. The first kappa shape index (κ1) is 22.3. The number of benzene rings is 1. The second-order valence-electron chi connectivity index (χ2n) is 8.26. The van der Waals surface area contributed by atoms with E-state index in [2.05, 4.69) is 58.3 Å². The van der Waals surface area contributed by atoms with Gasteiger partial charge < -0.3 is 19.9 Å². The van der Waals surface area contributed by atoms with Crippen LogP contribution in [-0.4, -0.2) is 41.8 Å². The summed E-state index contributed by atoms with van der Waals surface area (Å²) in [4.78, 5) is 8.97. The Morgan fingerprint density at radius 2 is 2.03 bits per heavy atom. The van der Waals surface area contributed by atoms with E-state index in [0.29, 0.717) is 12.0 Å². The van der Waals surface area contributed by atoms with Gasteiger partial charge in [-0.15, -0.1) is 0 Å². The topological polar surface area (TPSA) is 63.5 Å². The number of nitrogens with zero attached hydrogens (tertiary/aromatic N) is 3. The summed E-state index contributed by atoms with van der Waals surface area (Å²) in [5, 5.41) is 7.03. The summed E-state index contributed by atoms with van der Waals surface area (Å²) in [6.45, 7) is 9.16. The summed E-state index contributed by atoms with van der Waals surface area (Å²) in [5.41, 5.74) is 2.83. The second kappa shape index (κ2) is 11.7. The maximum absolute atomic E-state index is 5.65. The minimum Gasteiger partial charge on any atom is -0.382 e. The number of hydrogen-bond donors (Lipinski definition) is 2. The van der Waals surface area contributed by atoms with Crippen molar-refractivity contribution in [3.05, 3.63) is 54.1 Å². The fourth-order valence-electron chi connectivity index (χ4n) is 4.27. The van der Waals surface area contributed by atoms with Gasteiger partial charge in [-0.05, 0) is 49.7 Å². The molecule has 0 spiro atoms. The zero-order chi connectivity index (χ0) is 21.1. The van der Waals surface area contributed by atoms with Crippen molar-refractivity contribution in [2.24, 2.45) is 10.4 Å². The van der Waals surface area contributed by atoms with Crippen molar-refractivity contribution in [3.63, 3.8) is 0 Å². The van der Waals surface area contributed by atoms with E-state index in [4.69, 9.17) is 9.73 Å². The van der Waals surface area contributed by atoms with E-state index in [1.807, 2.05) is 18.7 Å². The van der Waals surface area contributed by atoms with E-state index in [1.54, 1.807) is 0 Å². The minimum absolute atomic E-state index is 0.343. The molecule has 0 aliphatic heterocycles. The van der Waals surface area contributed by atoms with Crippen LogP contribution < -0.4 is 10.6 Å². The molecule has 1 heterocycles. The molecular weight excluding hydrogens is 374 g/mol. The molecule has 1 aromatic carbocycles. The molecule has 3 rings (SSSR count). The van der Waals surface area contributed by atoms with Crippen molar-refractivity contribution < 1.29 is 4.74 Å². The van der Waals surface area contributed by atoms with Gasteiger partial charge in [0.15, 0.2) is 5.96 Å². The molecule has 0 radical (unpaired) electrons. The predicted octanol–water partition coefficient (Wildman–Crippen LogP) is 3.97. The first-order valence-electron chi connectivity index (χ1n) is 11.4. The highest BCUT2D eigenvalue weighted by Gasteiger charge is 2.33. The van der Waals surface area contributed by atoms with Crippen LogP contribution in [0.4, 0.5) is 0 Å². The van der Waals surface area contributed by atoms with Crippen LogP contribution in [0.5, 0.6) is 0 Å². The van der Waals surface area contributed by atoms with E-state index in [1.165, 1.54) is 36.8 Å². The third kappa shape index (κ3) is 6.87. The van der Waals surface area contributed by atoms with Crippen LogP contribution >= 0.6 is 0 Å². The zero-order valence-electron chi connectivity index (χ0n) is 18.6. The van der Waals surface area contributed by atoms with Crippen molar-refractivity contribution in [1.29, 1.82) is 0 Å². The summed E-state index contributed by atoms with van der Waals surface area (Å²) < 4.78 is 7.73. The molecule has 2 aromatic rings. The minimum atomic E-state index is 0.343. The Hall–Kier alpha value is -2.34. The molecule has 1 saturated carbocycles. The molecule has 6 nitrogen and oxygen atoms in total. The number of aliphatic imine (C=N–C) groups is 1. The number of aromatic nitrogens is 2. The molecule has 1 aliphatic rings. The molecule has 1 aromatic heterocycles. The lowest BCUT2D eigenvalue weighted by Crippen LogP contribution is -2.43. The standard InChI is InChI=1S/C24H37N5O/c1-3-26-23(28-19-24(10-5-6-11-24)12-15-30-4-2)27-17-21-8-7-9-22(16-21)18-29-14-13-25-20-29/h7-9,13-14,16,20H,3-6,10-12,15,17-19H2,1-2H3,(H2,26,27,28). The first-order valence-corrected chi connectivity index (χ1v) is 11.4. The average Bonchev–Trinajstić information content (AvgIpc) is 3.43. The quantitative estimate of drug-likeness (QED) is 0.334. The van der Waals surface area contributed by atoms with E-state index in [9.17, 15) is 0 Å². The Balaban J connectivity index is 1.58. The summed E-state index contributed by atoms with van der Waals surface area (Å²) in [7, 11) is 0. The third-order valence-electron chi connectivity index (χ3n) is 5.96. The van der Waals surface area contributed by atoms with Crippen LogP contribution in [0.25, 0.3) is 0 Å². The van der Waals surface area contributed by atoms with Crippen LogP contribution in [0.1, 0.15) is 57.1 Å². The number of hydrogen-bond acceptors (Lipinski definition) is 3. The van der Waals surface area contributed by atoms with Gasteiger partial charge in [-0.1, -0.05) is 37.1 Å². The van der Waals surface area contributed by atoms with E-state index in [-0.39, 0.29) is 0 Å². The molecule has 0 saturated heterocycles. The van der Waals surface area contributed by atoms with Gasteiger partial charge >= 0.3 is 0 Å². The zero-order valence-corrected chi connectivity index (χ0v) is 18.6. The van der Waals surface area contributed by atoms with Gasteiger partial charge in [0.05, 0.1) is 12.9 Å². The highest BCUT2D eigenvalue weighted by atomic mass is 16.5. The van der Waals surface area contributed by atoms with E-state index >= 15 is 0 Å². The number of ether oxygens (including phenoxy) is 1. The second-order valence-corrected chi connectivity index (χ2v) is 8.26. The Bertz CT molecular complexity index is 766. The molecule has 2 N–H and O–H groups in total. The first-order chi connectivity index (χ1) is 14.7. The van der Waals surface area contributed by atoms with Gasteiger partial charge in [0.2, 0.25) is 0 Å². The molecule has 1 fully saturated rings. The summed E-state index contributed by atoms with van der Waals surface area (Å²) in [6.07, 6.45) is 12.0. The number of rotatable bonds is 11. The molecule has 164 valence electrons. The SMILES string of the molecule is CCNC(=NCc1cccc(Cn2ccnc2)c1)NCC1(CCOCC)CCCC1. The number of imidazole rings is 1. The summed E-state index contributed by atoms with van der Waals surface area (Å²) >= 11 is 0. The van der Waals surface area contributed by atoms with Gasteiger partial charge in [0.1, 0.15) is 0 Å². The summed E-state index contributed by atoms with van der Waals surface area (Å²) in [6, 6.07) is 8.64. The van der Waals surface area contributed by atoms with Gasteiger partial charge in [-0.2, -0.15) is 0 Å². The van der Waals surface area contributed by atoms with Crippen LogP contribution in [0, 0.1) is 5.41 Å². The molecule has 0 unspecified atom stereocenters. The molecule has 30 heavy (non-hydrogen) atoms. The third-order valence-corrected chi connectivity index (χ3v) is 5.96. The van der Waals surface area contributed by atoms with Crippen LogP contribution in [-0.2, 0) is 17.8 Å². The van der Waals surface area contributed by atoms with E-state index < -0.39 is 0 Å². The van der Waals surface area contributed by atoms with Crippen molar-refractivity contribution in [2.75, 3.05) is 26.3 Å². The fourth-order valence-corrected chi connectivity index (χ4v) is 4.27. The molecule has 0 bridgehead atoms. The maximum atomic E-state index is 5.65. The number of guanidine groups is 1. The molecular formula is C24H37N5O. The average molecular weight is 412 g/mol. The van der Waals surface area contributed by atoms with Crippen molar-refractivity contribution in [3.8, 4) is 0 Å². The Morgan fingerprint density at radius 1 is 1.20 bits per heavy atom. The van der Waals surface area contributed by atoms with Gasteiger partial charge in [-0.25, -0.2) is 9.98 Å². The van der Waals surface area contributed by atoms with Crippen molar-refractivity contribution >= 4 is 5.96 Å². The smallest absolute Gasteiger partial charge is 0.191 e. The maximum Gasteiger partial charge on any atom is 0.191 e. The van der Waals surface area contributed by atoms with Gasteiger partial charge in [0.25, 0.3) is 0 Å². The van der Waals surface area contributed by atoms with Crippen molar-refractivity contribution in [1.82, 2.24) is 20.2 Å².